The molecule has 1 aliphatic heterocycles. The SMILES string of the molecule is CSC(=NC1=[N+](C)CCCCC1)c1ccc(Cl)cc1. The predicted molar refractivity (Wildman–Crippen MR) is 86.0 cm³/mol. The number of amidine groups is 1. The molecule has 0 amide bonds. The molecule has 1 aliphatic rings. The number of rotatable bonds is 1. The molecule has 1 aromatic carbocycles. The van der Waals surface area contributed by atoms with Crippen LogP contribution in [0.2, 0.25) is 5.02 Å². The Morgan fingerprint density at radius 1 is 1.21 bits per heavy atom. The van der Waals surface area contributed by atoms with Crippen molar-refractivity contribution in [1.29, 1.82) is 0 Å². The van der Waals surface area contributed by atoms with E-state index >= 15 is 0 Å². The predicted octanol–water partition coefficient (Wildman–Crippen LogP) is 4.06. The second-order valence-electron chi connectivity index (χ2n) is 4.78. The molecule has 0 aliphatic carbocycles. The number of hydrogen-bond acceptors (Lipinski definition) is 2. The fourth-order valence-electron chi connectivity index (χ4n) is 2.21. The van der Waals surface area contributed by atoms with Crippen LogP contribution in [0, 0.1) is 0 Å². The van der Waals surface area contributed by atoms with Crippen LogP contribution in [0.15, 0.2) is 29.3 Å². The van der Waals surface area contributed by atoms with Gasteiger partial charge in [0.1, 0.15) is 0 Å². The second kappa shape index (κ2) is 7.11. The zero-order valence-electron chi connectivity index (χ0n) is 11.5. The van der Waals surface area contributed by atoms with E-state index in [1.165, 1.54) is 25.1 Å². The molecule has 102 valence electrons. The zero-order valence-corrected chi connectivity index (χ0v) is 13.1. The van der Waals surface area contributed by atoms with E-state index in [0.29, 0.717) is 0 Å². The van der Waals surface area contributed by atoms with Crippen molar-refractivity contribution in [3.63, 3.8) is 0 Å². The Morgan fingerprint density at radius 2 is 1.95 bits per heavy atom. The van der Waals surface area contributed by atoms with Crippen molar-refractivity contribution < 1.29 is 4.58 Å². The molecule has 1 aromatic rings. The molecule has 0 spiro atoms. The van der Waals surface area contributed by atoms with Crippen LogP contribution in [0.25, 0.3) is 0 Å². The Labute approximate surface area is 124 Å². The van der Waals surface area contributed by atoms with Crippen molar-refractivity contribution in [1.82, 2.24) is 0 Å². The molecule has 0 N–H and O–H groups in total. The monoisotopic (exact) mass is 295 g/mol. The Hall–Kier alpha value is -0.800. The van der Waals surface area contributed by atoms with Crippen LogP contribution in [0.4, 0.5) is 0 Å². The molecule has 0 aromatic heterocycles. The third kappa shape index (κ3) is 4.08. The lowest BCUT2D eigenvalue weighted by atomic mass is 10.2. The fourth-order valence-corrected chi connectivity index (χ4v) is 2.90. The zero-order chi connectivity index (χ0) is 13.7. The lowest BCUT2D eigenvalue weighted by Crippen LogP contribution is -2.16. The van der Waals surface area contributed by atoms with E-state index in [4.69, 9.17) is 16.6 Å². The van der Waals surface area contributed by atoms with Crippen LogP contribution < -0.4 is 0 Å². The van der Waals surface area contributed by atoms with Crippen LogP contribution in [-0.2, 0) is 0 Å². The smallest absolute Gasteiger partial charge is 0.265 e. The maximum atomic E-state index is 5.94. The molecule has 4 heteroatoms. The molecule has 2 rings (SSSR count). The molecule has 1 heterocycles. The maximum absolute atomic E-state index is 5.94. The molecular weight excluding hydrogens is 276 g/mol. The summed E-state index contributed by atoms with van der Waals surface area (Å²) in [4.78, 5) is 4.87. The quantitative estimate of drug-likeness (QED) is 0.433. The van der Waals surface area contributed by atoms with E-state index in [1.807, 2.05) is 24.3 Å². The van der Waals surface area contributed by atoms with Crippen molar-refractivity contribution in [2.75, 3.05) is 19.8 Å². The van der Waals surface area contributed by atoms with E-state index < -0.39 is 0 Å². The van der Waals surface area contributed by atoms with Crippen molar-refractivity contribution in [3.05, 3.63) is 34.9 Å². The van der Waals surface area contributed by atoms with E-state index in [9.17, 15) is 0 Å². The first-order valence-corrected chi connectivity index (χ1v) is 8.26. The second-order valence-corrected chi connectivity index (χ2v) is 6.01. The minimum atomic E-state index is 0.767. The topological polar surface area (TPSA) is 15.4 Å². The van der Waals surface area contributed by atoms with Crippen LogP contribution in [-0.4, -0.2) is 35.3 Å². The Balaban J connectivity index is 2.29. The lowest BCUT2D eigenvalue weighted by Gasteiger charge is -2.01. The summed E-state index contributed by atoms with van der Waals surface area (Å²) in [6.45, 7) is 1.11. The Morgan fingerprint density at radius 3 is 2.63 bits per heavy atom. The molecule has 2 nitrogen and oxygen atoms in total. The summed E-state index contributed by atoms with van der Waals surface area (Å²) >= 11 is 7.63. The van der Waals surface area contributed by atoms with Gasteiger partial charge >= 0.3 is 0 Å². The van der Waals surface area contributed by atoms with Gasteiger partial charge in [-0.3, -0.25) is 4.58 Å². The van der Waals surface area contributed by atoms with Gasteiger partial charge in [0.15, 0.2) is 0 Å². The highest BCUT2D eigenvalue weighted by molar-refractivity contribution is 8.13. The fraction of sp³-hybridized carbons (Fsp3) is 0.467. The first kappa shape index (κ1) is 14.6. The van der Waals surface area contributed by atoms with Crippen LogP contribution in [0.3, 0.4) is 0 Å². The maximum Gasteiger partial charge on any atom is 0.294 e. The van der Waals surface area contributed by atoms with Gasteiger partial charge in [0, 0.05) is 10.6 Å². The van der Waals surface area contributed by atoms with E-state index in [-0.39, 0.29) is 0 Å². The van der Waals surface area contributed by atoms with E-state index in [2.05, 4.69) is 17.9 Å². The van der Waals surface area contributed by atoms with Gasteiger partial charge in [-0.25, -0.2) is 0 Å². The highest BCUT2D eigenvalue weighted by atomic mass is 35.5. The summed E-state index contributed by atoms with van der Waals surface area (Å²) in [6.07, 6.45) is 6.97. The van der Waals surface area contributed by atoms with Crippen molar-refractivity contribution in [3.8, 4) is 0 Å². The van der Waals surface area contributed by atoms with Gasteiger partial charge in [0.05, 0.1) is 20.0 Å². The summed E-state index contributed by atoms with van der Waals surface area (Å²) in [5, 5.41) is 1.84. The number of halogens is 1. The molecule has 0 fully saturated rings. The van der Waals surface area contributed by atoms with Gasteiger partial charge in [-0.15, -0.1) is 0 Å². The van der Waals surface area contributed by atoms with Gasteiger partial charge < -0.3 is 0 Å². The average Bonchev–Trinajstić information content (AvgIpc) is 2.62. The summed E-state index contributed by atoms with van der Waals surface area (Å²) in [5.74, 6) is 1.21. The first-order valence-electron chi connectivity index (χ1n) is 6.66. The summed E-state index contributed by atoms with van der Waals surface area (Å²) in [6, 6.07) is 7.91. The Bertz CT molecular complexity index is 491. The summed E-state index contributed by atoms with van der Waals surface area (Å²) in [7, 11) is 2.14. The van der Waals surface area contributed by atoms with Gasteiger partial charge in [-0.2, -0.15) is 0 Å². The normalized spacial score (nSPS) is 17.5. The van der Waals surface area contributed by atoms with Gasteiger partial charge in [0.2, 0.25) is 5.04 Å². The average molecular weight is 296 g/mol. The van der Waals surface area contributed by atoms with Crippen LogP contribution in [0.1, 0.15) is 31.2 Å². The first-order chi connectivity index (χ1) is 9.20. The lowest BCUT2D eigenvalue weighted by molar-refractivity contribution is -0.498. The molecule has 0 bridgehead atoms. The van der Waals surface area contributed by atoms with Crippen molar-refractivity contribution in [2.24, 2.45) is 4.99 Å². The van der Waals surface area contributed by atoms with Crippen LogP contribution >= 0.6 is 23.4 Å². The standard InChI is InChI=1S/C15H20ClN2S/c1-18-11-5-3-4-6-14(18)17-15(19-2)12-7-9-13(16)10-8-12/h7-10H,3-6,11H2,1-2H3/q+1. The highest BCUT2D eigenvalue weighted by Crippen LogP contribution is 2.17. The Kier molecular flexibility index (Phi) is 5.46. The van der Waals surface area contributed by atoms with Gasteiger partial charge in [0.25, 0.3) is 5.84 Å². The molecule has 0 radical (unpaired) electrons. The molecular formula is C15H20ClN2S+. The largest absolute Gasteiger partial charge is 0.294 e. The van der Waals surface area contributed by atoms with Crippen molar-refractivity contribution in [2.45, 2.75) is 25.7 Å². The minimum absolute atomic E-state index is 0.767. The molecule has 0 atom stereocenters. The third-order valence-corrected chi connectivity index (χ3v) is 4.32. The molecule has 0 unspecified atom stereocenters. The molecule has 0 saturated carbocycles. The number of benzene rings is 1. The number of thioether (sulfide) groups is 1. The van der Waals surface area contributed by atoms with Gasteiger partial charge in [-0.1, -0.05) is 23.4 Å². The number of aliphatic imine (C=N–C) groups is 1. The third-order valence-electron chi connectivity index (χ3n) is 3.35. The summed E-state index contributed by atoms with van der Waals surface area (Å²) in [5.41, 5.74) is 1.14. The van der Waals surface area contributed by atoms with Crippen molar-refractivity contribution >= 4 is 34.2 Å². The highest BCUT2D eigenvalue weighted by Gasteiger charge is 2.17. The van der Waals surface area contributed by atoms with Gasteiger partial charge in [-0.05, 0) is 54.8 Å². The van der Waals surface area contributed by atoms with Crippen LogP contribution in [0.5, 0.6) is 0 Å². The van der Waals surface area contributed by atoms with E-state index in [0.717, 1.165) is 28.6 Å². The molecule has 19 heavy (non-hydrogen) atoms. The number of nitrogens with zero attached hydrogens (tertiary/aromatic N) is 2. The number of hydrogen-bond donors (Lipinski definition) is 0. The summed E-state index contributed by atoms with van der Waals surface area (Å²) < 4.78 is 2.29. The molecule has 0 saturated heterocycles. The minimum Gasteiger partial charge on any atom is -0.265 e. The van der Waals surface area contributed by atoms with E-state index in [1.54, 1.807) is 11.8 Å².